The first-order chi connectivity index (χ1) is 7.10. The fourth-order valence-electron chi connectivity index (χ4n) is 1.55. The van der Waals surface area contributed by atoms with Gasteiger partial charge < -0.3 is 19.9 Å². The zero-order valence-corrected chi connectivity index (χ0v) is 10.9. The smallest absolute Gasteiger partial charge is 0.0628 e. The van der Waals surface area contributed by atoms with E-state index in [2.05, 4.69) is 36.3 Å². The Hall–Kier alpha value is -0.160. The summed E-state index contributed by atoms with van der Waals surface area (Å²) in [6.07, 6.45) is 1.22. The number of rotatable bonds is 9. The number of hydrogen-bond donors (Lipinski definition) is 1. The second-order valence-corrected chi connectivity index (χ2v) is 4.36. The van der Waals surface area contributed by atoms with Crippen LogP contribution in [0.2, 0.25) is 0 Å². The Morgan fingerprint density at radius 3 is 2.33 bits per heavy atom. The molecule has 0 rings (SSSR count). The maximum atomic E-state index is 5.14. The summed E-state index contributed by atoms with van der Waals surface area (Å²) in [6.45, 7) is 4.10. The Kier molecular flexibility index (Phi) is 9.00. The van der Waals surface area contributed by atoms with Crippen molar-refractivity contribution >= 4 is 0 Å². The van der Waals surface area contributed by atoms with Crippen molar-refractivity contribution in [2.75, 3.05) is 61.5 Å². The fraction of sp³-hybridized carbons (Fsp3) is 1.00. The van der Waals surface area contributed by atoms with Crippen LogP contribution in [0.1, 0.15) is 6.42 Å². The Labute approximate surface area is 94.6 Å². The summed E-state index contributed by atoms with van der Waals surface area (Å²) in [6, 6.07) is 0.430. The zero-order chi connectivity index (χ0) is 11.7. The molecule has 1 unspecified atom stereocenters. The first kappa shape index (κ1) is 14.8. The highest BCUT2D eigenvalue weighted by Crippen LogP contribution is 1.93. The van der Waals surface area contributed by atoms with Crippen molar-refractivity contribution in [1.82, 2.24) is 15.1 Å². The first-order valence-corrected chi connectivity index (χ1v) is 5.59. The molecule has 4 nitrogen and oxygen atoms in total. The second-order valence-electron chi connectivity index (χ2n) is 4.36. The van der Waals surface area contributed by atoms with Crippen LogP contribution in [0.15, 0.2) is 0 Å². The Balaban J connectivity index is 3.56. The largest absolute Gasteiger partial charge is 0.383 e. The van der Waals surface area contributed by atoms with E-state index in [1.807, 2.05) is 7.05 Å². The lowest BCUT2D eigenvalue weighted by Crippen LogP contribution is -2.41. The molecule has 15 heavy (non-hydrogen) atoms. The minimum atomic E-state index is 0.430. The van der Waals surface area contributed by atoms with Gasteiger partial charge in [-0.05, 0) is 47.7 Å². The highest BCUT2D eigenvalue weighted by molar-refractivity contribution is 4.68. The molecule has 0 bridgehead atoms. The van der Waals surface area contributed by atoms with Crippen LogP contribution in [0.5, 0.6) is 0 Å². The molecule has 0 spiro atoms. The van der Waals surface area contributed by atoms with Gasteiger partial charge in [0.05, 0.1) is 6.61 Å². The maximum absolute atomic E-state index is 5.14. The molecule has 0 aromatic carbocycles. The third kappa shape index (κ3) is 8.81. The van der Waals surface area contributed by atoms with Gasteiger partial charge in [-0.15, -0.1) is 0 Å². The van der Waals surface area contributed by atoms with E-state index in [9.17, 15) is 0 Å². The summed E-state index contributed by atoms with van der Waals surface area (Å²) < 4.78 is 5.14. The Bertz CT molecular complexity index is 142. The number of hydrogen-bond acceptors (Lipinski definition) is 4. The predicted molar refractivity (Wildman–Crippen MR) is 65.4 cm³/mol. The SMILES string of the molecule is CNC(COC)CN(C)CCCN(C)C. The fourth-order valence-corrected chi connectivity index (χ4v) is 1.55. The monoisotopic (exact) mass is 217 g/mol. The van der Waals surface area contributed by atoms with Crippen LogP contribution in [0.25, 0.3) is 0 Å². The molecule has 0 aliphatic carbocycles. The molecule has 0 aliphatic rings. The first-order valence-electron chi connectivity index (χ1n) is 5.59. The standard InChI is InChI=1S/C11H27N3O/c1-12-11(10-15-5)9-14(4)8-6-7-13(2)3/h11-12H,6-10H2,1-5H3. The van der Waals surface area contributed by atoms with Crippen LogP contribution < -0.4 is 5.32 Å². The lowest BCUT2D eigenvalue weighted by Gasteiger charge is -2.23. The molecular weight excluding hydrogens is 190 g/mol. The van der Waals surface area contributed by atoms with E-state index < -0.39 is 0 Å². The molecule has 0 saturated carbocycles. The van der Waals surface area contributed by atoms with Crippen LogP contribution in [-0.4, -0.2) is 77.4 Å². The quantitative estimate of drug-likeness (QED) is 0.593. The molecular formula is C11H27N3O. The van der Waals surface area contributed by atoms with Gasteiger partial charge in [0.2, 0.25) is 0 Å². The molecule has 0 radical (unpaired) electrons. The van der Waals surface area contributed by atoms with Crippen molar-refractivity contribution in [1.29, 1.82) is 0 Å². The van der Waals surface area contributed by atoms with Crippen molar-refractivity contribution in [3.63, 3.8) is 0 Å². The number of nitrogens with one attached hydrogen (secondary N) is 1. The second kappa shape index (κ2) is 9.09. The van der Waals surface area contributed by atoms with Gasteiger partial charge >= 0.3 is 0 Å². The normalized spacial score (nSPS) is 13.8. The molecule has 4 heteroatoms. The maximum Gasteiger partial charge on any atom is 0.0628 e. The average Bonchev–Trinajstić information content (AvgIpc) is 2.16. The molecule has 0 amide bonds. The van der Waals surface area contributed by atoms with Crippen molar-refractivity contribution in [3.05, 3.63) is 0 Å². The Morgan fingerprint density at radius 2 is 1.87 bits per heavy atom. The molecule has 92 valence electrons. The van der Waals surface area contributed by atoms with Gasteiger partial charge in [-0.25, -0.2) is 0 Å². The van der Waals surface area contributed by atoms with E-state index in [1.54, 1.807) is 7.11 Å². The zero-order valence-electron chi connectivity index (χ0n) is 10.9. The predicted octanol–water partition coefficient (Wildman–Crippen LogP) is 0.104. The molecule has 0 fully saturated rings. The topological polar surface area (TPSA) is 27.7 Å². The van der Waals surface area contributed by atoms with Crippen molar-refractivity contribution in [2.45, 2.75) is 12.5 Å². The molecule has 0 aromatic heterocycles. The summed E-state index contributed by atoms with van der Waals surface area (Å²) >= 11 is 0. The Morgan fingerprint density at radius 1 is 1.20 bits per heavy atom. The minimum absolute atomic E-state index is 0.430. The van der Waals surface area contributed by atoms with Crippen LogP contribution in [0.4, 0.5) is 0 Å². The molecule has 0 aliphatic heterocycles. The lowest BCUT2D eigenvalue weighted by atomic mass is 10.3. The van der Waals surface area contributed by atoms with E-state index in [0.29, 0.717) is 6.04 Å². The van der Waals surface area contributed by atoms with Crippen molar-refractivity contribution in [2.24, 2.45) is 0 Å². The van der Waals surface area contributed by atoms with Gasteiger partial charge in [0.25, 0.3) is 0 Å². The summed E-state index contributed by atoms with van der Waals surface area (Å²) in [5.74, 6) is 0. The van der Waals surface area contributed by atoms with Gasteiger partial charge in [0.1, 0.15) is 0 Å². The van der Waals surface area contributed by atoms with Gasteiger partial charge in [0.15, 0.2) is 0 Å². The average molecular weight is 217 g/mol. The van der Waals surface area contributed by atoms with Crippen LogP contribution in [0.3, 0.4) is 0 Å². The van der Waals surface area contributed by atoms with Gasteiger partial charge in [-0.1, -0.05) is 0 Å². The van der Waals surface area contributed by atoms with Gasteiger partial charge in [-0.2, -0.15) is 0 Å². The molecule has 0 saturated heterocycles. The molecule has 0 heterocycles. The van der Waals surface area contributed by atoms with E-state index in [-0.39, 0.29) is 0 Å². The lowest BCUT2D eigenvalue weighted by molar-refractivity contribution is 0.148. The third-order valence-electron chi connectivity index (χ3n) is 2.45. The number of ether oxygens (including phenoxy) is 1. The van der Waals surface area contributed by atoms with E-state index in [4.69, 9.17) is 4.74 Å². The van der Waals surface area contributed by atoms with E-state index in [0.717, 1.165) is 26.2 Å². The van der Waals surface area contributed by atoms with E-state index >= 15 is 0 Å². The summed E-state index contributed by atoms with van der Waals surface area (Å²) in [5.41, 5.74) is 0. The third-order valence-corrected chi connectivity index (χ3v) is 2.45. The van der Waals surface area contributed by atoms with Gasteiger partial charge in [0, 0.05) is 19.7 Å². The van der Waals surface area contributed by atoms with Crippen LogP contribution >= 0.6 is 0 Å². The summed E-state index contributed by atoms with van der Waals surface area (Å²) in [4.78, 5) is 4.57. The molecule has 1 atom stereocenters. The number of nitrogens with zero attached hydrogens (tertiary/aromatic N) is 2. The number of likely N-dealkylation sites (N-methyl/N-ethyl adjacent to an activating group) is 2. The summed E-state index contributed by atoms with van der Waals surface area (Å²) in [5, 5.41) is 3.26. The van der Waals surface area contributed by atoms with Gasteiger partial charge in [-0.3, -0.25) is 0 Å². The molecule has 0 aromatic rings. The van der Waals surface area contributed by atoms with E-state index in [1.165, 1.54) is 6.42 Å². The van der Waals surface area contributed by atoms with Crippen molar-refractivity contribution in [3.8, 4) is 0 Å². The summed E-state index contributed by atoms with van der Waals surface area (Å²) in [7, 11) is 10.1. The minimum Gasteiger partial charge on any atom is -0.383 e. The van der Waals surface area contributed by atoms with Crippen LogP contribution in [0, 0.1) is 0 Å². The molecule has 1 N–H and O–H groups in total. The van der Waals surface area contributed by atoms with Crippen molar-refractivity contribution < 1.29 is 4.74 Å². The highest BCUT2D eigenvalue weighted by Gasteiger charge is 2.08. The van der Waals surface area contributed by atoms with Crippen LogP contribution in [-0.2, 0) is 4.74 Å². The number of methoxy groups -OCH3 is 1. The highest BCUT2D eigenvalue weighted by atomic mass is 16.5.